The Balaban J connectivity index is 1.74. The molecule has 1 amide bonds. The van der Waals surface area contributed by atoms with Gasteiger partial charge in [-0.15, -0.1) is 0 Å². The smallest absolute Gasteiger partial charge is 0.267 e. The van der Waals surface area contributed by atoms with Gasteiger partial charge in [0, 0.05) is 37.6 Å². The molecule has 0 radical (unpaired) electrons. The maximum Gasteiger partial charge on any atom is 0.267 e. The average molecular weight is 493 g/mol. The average Bonchev–Trinajstić information content (AvgIpc) is 3.10. The quantitative estimate of drug-likeness (QED) is 0.470. The van der Waals surface area contributed by atoms with Crippen molar-refractivity contribution in [3.8, 4) is 0 Å². The first-order valence-corrected chi connectivity index (χ1v) is 13.5. The number of carbonyl (C=O) groups is 1. The normalized spacial score (nSPS) is 12.4. The molecule has 33 heavy (non-hydrogen) atoms. The Morgan fingerprint density at radius 1 is 0.970 bits per heavy atom. The van der Waals surface area contributed by atoms with Crippen LogP contribution in [0.4, 0.5) is 0 Å². The van der Waals surface area contributed by atoms with E-state index >= 15 is 0 Å². The van der Waals surface area contributed by atoms with Crippen LogP contribution < -0.4 is 10.5 Å². The second kappa shape index (κ2) is 9.64. The number of hydrogen-bond acceptors (Lipinski definition) is 5. The van der Waals surface area contributed by atoms with E-state index in [0.29, 0.717) is 37.1 Å². The number of carbonyl (C=O) groups excluding carboxylic acids is 1. The minimum Gasteiger partial charge on any atom is -0.350 e. The topological polar surface area (TPSA) is 132 Å². The molecule has 0 saturated carbocycles. The molecule has 3 rings (SSSR count). The Bertz CT molecular complexity index is 1370. The van der Waals surface area contributed by atoms with Gasteiger partial charge in [-0.25, -0.2) is 22.0 Å². The van der Waals surface area contributed by atoms with E-state index in [-0.39, 0.29) is 15.7 Å². The second-order valence-electron chi connectivity index (χ2n) is 7.59. The molecule has 0 saturated heterocycles. The van der Waals surface area contributed by atoms with E-state index < -0.39 is 20.0 Å². The SMILES string of the molecule is CCN(CC)S(=O)(=O)c1ccc2c(c1)cc(C(=O)NCCc1ccc(S(N)(=O)=O)cc1)n2C. The van der Waals surface area contributed by atoms with E-state index in [1.807, 2.05) is 0 Å². The van der Waals surface area contributed by atoms with E-state index in [9.17, 15) is 21.6 Å². The molecule has 3 aromatic rings. The number of benzene rings is 2. The Labute approximate surface area is 194 Å². The van der Waals surface area contributed by atoms with Gasteiger partial charge in [-0.05, 0) is 48.4 Å². The molecule has 0 aliphatic carbocycles. The van der Waals surface area contributed by atoms with Gasteiger partial charge in [0.1, 0.15) is 5.69 Å². The van der Waals surface area contributed by atoms with Crippen molar-refractivity contribution in [3.63, 3.8) is 0 Å². The van der Waals surface area contributed by atoms with Crippen molar-refractivity contribution >= 4 is 36.9 Å². The van der Waals surface area contributed by atoms with Crippen molar-refractivity contribution in [2.75, 3.05) is 19.6 Å². The molecule has 178 valence electrons. The van der Waals surface area contributed by atoms with Gasteiger partial charge in [0.15, 0.2) is 0 Å². The highest BCUT2D eigenvalue weighted by Gasteiger charge is 2.23. The number of nitrogens with one attached hydrogen (secondary N) is 1. The maximum atomic E-state index is 12.8. The van der Waals surface area contributed by atoms with Crippen molar-refractivity contribution in [3.05, 3.63) is 59.8 Å². The summed E-state index contributed by atoms with van der Waals surface area (Å²) in [5, 5.41) is 8.60. The Morgan fingerprint density at radius 2 is 1.58 bits per heavy atom. The fourth-order valence-corrected chi connectivity index (χ4v) is 5.68. The van der Waals surface area contributed by atoms with Crippen molar-refractivity contribution in [2.45, 2.75) is 30.1 Å². The lowest BCUT2D eigenvalue weighted by Crippen LogP contribution is -2.30. The highest BCUT2D eigenvalue weighted by Crippen LogP contribution is 2.24. The van der Waals surface area contributed by atoms with Gasteiger partial charge in [-0.2, -0.15) is 4.31 Å². The van der Waals surface area contributed by atoms with Crippen LogP contribution in [-0.2, 0) is 33.5 Å². The molecule has 0 bridgehead atoms. The lowest BCUT2D eigenvalue weighted by atomic mass is 10.1. The monoisotopic (exact) mass is 492 g/mol. The summed E-state index contributed by atoms with van der Waals surface area (Å²) < 4.78 is 51.4. The molecule has 3 N–H and O–H groups in total. The van der Waals surface area contributed by atoms with Gasteiger partial charge in [0.2, 0.25) is 20.0 Å². The minimum atomic E-state index is -3.74. The number of rotatable bonds is 9. The predicted molar refractivity (Wildman–Crippen MR) is 127 cm³/mol. The van der Waals surface area contributed by atoms with E-state index in [4.69, 9.17) is 5.14 Å². The third-order valence-electron chi connectivity index (χ3n) is 5.54. The first-order valence-electron chi connectivity index (χ1n) is 10.5. The molecule has 0 aliphatic heterocycles. The van der Waals surface area contributed by atoms with Crippen LogP contribution in [0.15, 0.2) is 58.3 Å². The summed E-state index contributed by atoms with van der Waals surface area (Å²) in [5.41, 5.74) is 2.01. The third kappa shape index (κ3) is 5.27. The zero-order valence-electron chi connectivity index (χ0n) is 18.8. The number of amides is 1. The number of nitrogens with two attached hydrogens (primary N) is 1. The number of nitrogens with zero attached hydrogens (tertiary/aromatic N) is 2. The highest BCUT2D eigenvalue weighted by atomic mass is 32.2. The van der Waals surface area contributed by atoms with Gasteiger partial charge in [0.25, 0.3) is 5.91 Å². The summed E-state index contributed by atoms with van der Waals surface area (Å²) >= 11 is 0. The van der Waals surface area contributed by atoms with Crippen molar-refractivity contribution < 1.29 is 21.6 Å². The van der Waals surface area contributed by atoms with Gasteiger partial charge in [-0.1, -0.05) is 26.0 Å². The summed E-state index contributed by atoms with van der Waals surface area (Å²) in [6, 6.07) is 12.7. The predicted octanol–water partition coefficient (Wildman–Crippen LogP) is 1.83. The second-order valence-corrected chi connectivity index (χ2v) is 11.1. The molecule has 11 heteroatoms. The van der Waals surface area contributed by atoms with Crippen LogP contribution in [0, 0.1) is 0 Å². The summed E-state index contributed by atoms with van der Waals surface area (Å²) in [5.74, 6) is -0.289. The van der Waals surface area contributed by atoms with Crippen molar-refractivity contribution in [2.24, 2.45) is 12.2 Å². The molecule has 0 unspecified atom stereocenters. The Hall–Kier alpha value is -2.73. The number of aryl methyl sites for hydroxylation is 1. The van der Waals surface area contributed by atoms with Crippen LogP contribution in [0.5, 0.6) is 0 Å². The largest absolute Gasteiger partial charge is 0.350 e. The van der Waals surface area contributed by atoms with Crippen LogP contribution >= 0.6 is 0 Å². The van der Waals surface area contributed by atoms with E-state index in [1.54, 1.807) is 61.9 Å². The van der Waals surface area contributed by atoms with Gasteiger partial charge < -0.3 is 9.88 Å². The van der Waals surface area contributed by atoms with Crippen LogP contribution in [-0.4, -0.2) is 51.2 Å². The first kappa shape index (κ1) is 24.9. The number of sulfonamides is 2. The van der Waals surface area contributed by atoms with Crippen molar-refractivity contribution in [1.29, 1.82) is 0 Å². The van der Waals surface area contributed by atoms with E-state index in [1.165, 1.54) is 16.4 Å². The molecule has 2 aromatic carbocycles. The number of primary sulfonamides is 1. The molecule has 1 aromatic heterocycles. The highest BCUT2D eigenvalue weighted by molar-refractivity contribution is 7.89. The molecule has 0 spiro atoms. The minimum absolute atomic E-state index is 0.0353. The molecule has 0 atom stereocenters. The molecular formula is C22H28N4O5S2. The van der Waals surface area contributed by atoms with Gasteiger partial charge >= 0.3 is 0 Å². The zero-order chi connectivity index (χ0) is 24.4. The van der Waals surface area contributed by atoms with Gasteiger partial charge in [0.05, 0.1) is 9.79 Å². The number of hydrogen-bond donors (Lipinski definition) is 2. The number of aromatic nitrogens is 1. The Morgan fingerprint density at radius 3 is 2.15 bits per heavy atom. The summed E-state index contributed by atoms with van der Waals surface area (Å²) in [6.45, 7) is 4.68. The molecule has 0 fully saturated rings. The standard InChI is InChI=1S/C22H28N4O5S2/c1-4-26(5-2)33(30,31)19-10-11-20-17(14-19)15-21(25(20)3)22(27)24-13-12-16-6-8-18(9-7-16)32(23,28)29/h6-11,14-15H,4-5,12-13H2,1-3H3,(H,24,27)(H2,23,28,29). The molecule has 1 heterocycles. The fraction of sp³-hybridized carbons (Fsp3) is 0.318. The van der Waals surface area contributed by atoms with E-state index in [2.05, 4.69) is 5.32 Å². The summed E-state index contributed by atoms with van der Waals surface area (Å²) in [4.78, 5) is 13.0. The first-order chi connectivity index (χ1) is 15.5. The summed E-state index contributed by atoms with van der Waals surface area (Å²) in [7, 11) is -5.58. The summed E-state index contributed by atoms with van der Waals surface area (Å²) in [6.07, 6.45) is 0.507. The van der Waals surface area contributed by atoms with Crippen molar-refractivity contribution in [1.82, 2.24) is 14.2 Å². The van der Waals surface area contributed by atoms with Crippen LogP contribution in [0.1, 0.15) is 29.9 Å². The lowest BCUT2D eigenvalue weighted by molar-refractivity contribution is 0.0946. The van der Waals surface area contributed by atoms with Crippen LogP contribution in [0.2, 0.25) is 0 Å². The molecule has 9 nitrogen and oxygen atoms in total. The third-order valence-corrected chi connectivity index (χ3v) is 8.52. The molecular weight excluding hydrogens is 464 g/mol. The molecule has 0 aliphatic rings. The fourth-order valence-electron chi connectivity index (χ4n) is 3.68. The van der Waals surface area contributed by atoms with Gasteiger partial charge in [-0.3, -0.25) is 4.79 Å². The number of fused-ring (bicyclic) bond motifs is 1. The van der Waals surface area contributed by atoms with Crippen LogP contribution in [0.3, 0.4) is 0 Å². The lowest BCUT2D eigenvalue weighted by Gasteiger charge is -2.18. The Kier molecular flexibility index (Phi) is 7.27. The zero-order valence-corrected chi connectivity index (χ0v) is 20.4. The maximum absolute atomic E-state index is 12.8. The van der Waals surface area contributed by atoms with E-state index in [0.717, 1.165) is 11.1 Å². The van der Waals surface area contributed by atoms with Crippen LogP contribution in [0.25, 0.3) is 10.9 Å².